The number of piperidine rings is 1. The topological polar surface area (TPSA) is 69.8 Å². The monoisotopic (exact) mass is 264 g/mol. The van der Waals surface area contributed by atoms with Crippen molar-refractivity contribution in [1.29, 1.82) is 0 Å². The minimum Gasteiger partial charge on any atom is -0.351 e. The molecule has 1 aliphatic heterocycles. The molecule has 1 amide bonds. The van der Waals surface area contributed by atoms with Crippen LogP contribution >= 0.6 is 0 Å². The SMILES string of the molecule is CC(C)c1cc(C(=O)NCCC2CCCNC2)n[nH]1. The predicted octanol–water partition coefficient (Wildman–Crippen LogP) is 1.65. The van der Waals surface area contributed by atoms with Crippen LogP contribution in [0, 0.1) is 5.92 Å². The van der Waals surface area contributed by atoms with E-state index >= 15 is 0 Å². The minimum atomic E-state index is -0.0769. The maximum Gasteiger partial charge on any atom is 0.271 e. The number of carbonyl (C=O) groups is 1. The molecule has 0 spiro atoms. The summed E-state index contributed by atoms with van der Waals surface area (Å²) in [6.45, 7) is 7.09. The van der Waals surface area contributed by atoms with Gasteiger partial charge in [-0.2, -0.15) is 5.10 Å². The van der Waals surface area contributed by atoms with Crippen LogP contribution in [0.2, 0.25) is 0 Å². The number of amides is 1. The lowest BCUT2D eigenvalue weighted by molar-refractivity contribution is 0.0945. The van der Waals surface area contributed by atoms with Crippen molar-refractivity contribution in [2.24, 2.45) is 5.92 Å². The van der Waals surface area contributed by atoms with Crippen LogP contribution in [0.1, 0.15) is 55.2 Å². The zero-order valence-electron chi connectivity index (χ0n) is 11.8. The van der Waals surface area contributed by atoms with Gasteiger partial charge in [-0.1, -0.05) is 13.8 Å². The number of nitrogens with one attached hydrogen (secondary N) is 3. The zero-order valence-corrected chi connectivity index (χ0v) is 11.8. The highest BCUT2D eigenvalue weighted by Gasteiger charge is 2.15. The summed E-state index contributed by atoms with van der Waals surface area (Å²) in [6, 6.07) is 1.84. The number of aromatic nitrogens is 2. The molecular weight excluding hydrogens is 240 g/mol. The quantitative estimate of drug-likeness (QED) is 0.757. The standard InChI is InChI=1S/C14H24N4O/c1-10(2)12-8-13(18-17-12)14(19)16-7-5-11-4-3-6-15-9-11/h8,10-11,15H,3-7,9H2,1-2H3,(H,16,19)(H,17,18). The second-order valence-corrected chi connectivity index (χ2v) is 5.62. The van der Waals surface area contributed by atoms with Crippen LogP contribution in [0.25, 0.3) is 0 Å². The fraction of sp³-hybridized carbons (Fsp3) is 0.714. The van der Waals surface area contributed by atoms with Crippen molar-refractivity contribution >= 4 is 5.91 Å². The third kappa shape index (κ3) is 4.06. The van der Waals surface area contributed by atoms with Gasteiger partial charge in [-0.3, -0.25) is 9.89 Å². The van der Waals surface area contributed by atoms with Gasteiger partial charge in [0.05, 0.1) is 0 Å². The molecule has 1 atom stereocenters. The van der Waals surface area contributed by atoms with E-state index in [9.17, 15) is 4.79 Å². The summed E-state index contributed by atoms with van der Waals surface area (Å²) in [7, 11) is 0. The van der Waals surface area contributed by atoms with E-state index in [4.69, 9.17) is 0 Å². The Balaban J connectivity index is 1.74. The van der Waals surface area contributed by atoms with Gasteiger partial charge in [-0.15, -0.1) is 0 Å². The number of hydrogen-bond acceptors (Lipinski definition) is 3. The van der Waals surface area contributed by atoms with Crippen molar-refractivity contribution in [3.05, 3.63) is 17.5 Å². The number of H-pyrrole nitrogens is 1. The van der Waals surface area contributed by atoms with Crippen LogP contribution in [0.15, 0.2) is 6.07 Å². The highest BCUT2D eigenvalue weighted by molar-refractivity contribution is 5.92. The first kappa shape index (κ1) is 14.1. The van der Waals surface area contributed by atoms with Gasteiger partial charge >= 0.3 is 0 Å². The van der Waals surface area contributed by atoms with Gasteiger partial charge in [-0.05, 0) is 50.3 Å². The Hall–Kier alpha value is -1.36. The van der Waals surface area contributed by atoms with Crippen LogP contribution in [-0.2, 0) is 0 Å². The molecule has 1 unspecified atom stereocenters. The largest absolute Gasteiger partial charge is 0.351 e. The number of nitrogens with zero attached hydrogens (tertiary/aromatic N) is 1. The first-order valence-electron chi connectivity index (χ1n) is 7.21. The average molecular weight is 264 g/mol. The predicted molar refractivity (Wildman–Crippen MR) is 75.2 cm³/mol. The third-order valence-electron chi connectivity index (χ3n) is 3.69. The van der Waals surface area contributed by atoms with Gasteiger partial charge in [-0.25, -0.2) is 0 Å². The molecule has 5 nitrogen and oxygen atoms in total. The van der Waals surface area contributed by atoms with Crippen LogP contribution in [-0.4, -0.2) is 35.7 Å². The number of rotatable bonds is 5. The van der Waals surface area contributed by atoms with E-state index in [1.54, 1.807) is 0 Å². The first-order valence-corrected chi connectivity index (χ1v) is 7.21. The highest BCUT2D eigenvalue weighted by atomic mass is 16.1. The van der Waals surface area contributed by atoms with Crippen LogP contribution < -0.4 is 10.6 Å². The molecule has 2 heterocycles. The van der Waals surface area contributed by atoms with Crippen molar-refractivity contribution in [1.82, 2.24) is 20.8 Å². The molecule has 106 valence electrons. The lowest BCUT2D eigenvalue weighted by Crippen LogP contribution is -2.33. The fourth-order valence-corrected chi connectivity index (χ4v) is 2.40. The van der Waals surface area contributed by atoms with Crippen LogP contribution in [0.5, 0.6) is 0 Å². The van der Waals surface area contributed by atoms with E-state index in [1.807, 2.05) is 6.07 Å². The maximum absolute atomic E-state index is 11.9. The van der Waals surface area contributed by atoms with Crippen molar-refractivity contribution in [3.8, 4) is 0 Å². The third-order valence-corrected chi connectivity index (χ3v) is 3.69. The lowest BCUT2D eigenvalue weighted by atomic mass is 9.96. The molecule has 0 aliphatic carbocycles. The Morgan fingerprint density at radius 2 is 2.42 bits per heavy atom. The Kier molecular flexibility index (Phi) is 4.96. The highest BCUT2D eigenvalue weighted by Crippen LogP contribution is 2.14. The molecular formula is C14H24N4O. The molecule has 19 heavy (non-hydrogen) atoms. The molecule has 0 saturated carbocycles. The smallest absolute Gasteiger partial charge is 0.271 e. The van der Waals surface area contributed by atoms with E-state index in [0.717, 1.165) is 31.7 Å². The summed E-state index contributed by atoms with van der Waals surface area (Å²) < 4.78 is 0. The van der Waals surface area contributed by atoms with E-state index in [1.165, 1.54) is 12.8 Å². The zero-order chi connectivity index (χ0) is 13.7. The molecule has 1 aliphatic rings. The molecule has 3 N–H and O–H groups in total. The summed E-state index contributed by atoms with van der Waals surface area (Å²) in [5, 5.41) is 13.3. The number of hydrogen-bond donors (Lipinski definition) is 3. The van der Waals surface area contributed by atoms with Gasteiger partial charge in [0.25, 0.3) is 5.91 Å². The van der Waals surface area contributed by atoms with Crippen molar-refractivity contribution in [2.75, 3.05) is 19.6 Å². The molecule has 1 saturated heterocycles. The summed E-state index contributed by atoms with van der Waals surface area (Å²) in [6.07, 6.45) is 3.55. The molecule has 1 fully saturated rings. The van der Waals surface area contributed by atoms with Gasteiger partial charge < -0.3 is 10.6 Å². The summed E-state index contributed by atoms with van der Waals surface area (Å²) in [5.74, 6) is 0.980. The van der Waals surface area contributed by atoms with Gasteiger partial charge in [0.2, 0.25) is 0 Å². The Bertz CT molecular complexity index is 407. The van der Waals surface area contributed by atoms with Crippen LogP contribution in [0.4, 0.5) is 0 Å². The normalized spacial score (nSPS) is 19.6. The molecule has 1 aromatic rings. The number of carbonyl (C=O) groups excluding carboxylic acids is 1. The molecule has 2 rings (SSSR count). The molecule has 5 heteroatoms. The first-order chi connectivity index (χ1) is 9.16. The Morgan fingerprint density at radius 3 is 3.05 bits per heavy atom. The van der Waals surface area contributed by atoms with E-state index in [-0.39, 0.29) is 5.91 Å². The van der Waals surface area contributed by atoms with E-state index in [2.05, 4.69) is 34.7 Å². The summed E-state index contributed by atoms with van der Waals surface area (Å²) in [5.41, 5.74) is 1.49. The van der Waals surface area contributed by atoms with E-state index < -0.39 is 0 Å². The van der Waals surface area contributed by atoms with Crippen molar-refractivity contribution in [2.45, 2.75) is 39.0 Å². The Labute approximate surface area is 114 Å². The molecule has 0 aromatic carbocycles. The average Bonchev–Trinajstić information content (AvgIpc) is 2.89. The van der Waals surface area contributed by atoms with Gasteiger partial charge in [0.1, 0.15) is 5.69 Å². The second-order valence-electron chi connectivity index (χ2n) is 5.62. The summed E-state index contributed by atoms with van der Waals surface area (Å²) >= 11 is 0. The summed E-state index contributed by atoms with van der Waals surface area (Å²) in [4.78, 5) is 11.9. The second kappa shape index (κ2) is 6.70. The van der Waals surface area contributed by atoms with Gasteiger partial charge in [0, 0.05) is 12.2 Å². The minimum absolute atomic E-state index is 0.0769. The van der Waals surface area contributed by atoms with Crippen molar-refractivity contribution in [3.63, 3.8) is 0 Å². The number of aromatic amines is 1. The molecule has 1 aromatic heterocycles. The Morgan fingerprint density at radius 1 is 1.58 bits per heavy atom. The van der Waals surface area contributed by atoms with Crippen molar-refractivity contribution < 1.29 is 4.79 Å². The molecule has 0 radical (unpaired) electrons. The van der Waals surface area contributed by atoms with Crippen LogP contribution in [0.3, 0.4) is 0 Å². The van der Waals surface area contributed by atoms with Gasteiger partial charge in [0.15, 0.2) is 0 Å². The maximum atomic E-state index is 11.9. The fourth-order valence-electron chi connectivity index (χ4n) is 2.40. The molecule has 0 bridgehead atoms. The lowest BCUT2D eigenvalue weighted by Gasteiger charge is -2.22. The van der Waals surface area contributed by atoms with E-state index in [0.29, 0.717) is 17.5 Å².